The summed E-state index contributed by atoms with van der Waals surface area (Å²) < 4.78 is 18.4. The minimum Gasteiger partial charge on any atom is -0.494 e. The molecule has 7 nitrogen and oxygen atoms in total. The zero-order valence-electron chi connectivity index (χ0n) is 10.0. The fourth-order valence-electron chi connectivity index (χ4n) is 1.20. The number of nitrogens with zero attached hydrogens (tertiary/aromatic N) is 3. The van der Waals surface area contributed by atoms with Gasteiger partial charge in [0.25, 0.3) is 0 Å². The number of hydrogen-bond donors (Lipinski definition) is 1. The molecule has 0 saturated carbocycles. The fourth-order valence-corrected chi connectivity index (χ4v) is 1.54. The van der Waals surface area contributed by atoms with E-state index in [-0.39, 0.29) is 16.6 Å². The van der Waals surface area contributed by atoms with E-state index in [2.05, 4.69) is 10.3 Å². The van der Waals surface area contributed by atoms with E-state index in [1.165, 1.54) is 7.11 Å². The lowest BCUT2D eigenvalue weighted by Gasteiger charge is -2.06. The highest BCUT2D eigenvalue weighted by Crippen LogP contribution is 2.34. The maximum Gasteiger partial charge on any atom is 0.308 e. The number of benzene rings is 1. The lowest BCUT2D eigenvalue weighted by molar-refractivity contribution is -0.387. The number of rotatable bonds is 3. The molecule has 0 unspecified atom stereocenters. The van der Waals surface area contributed by atoms with E-state index in [0.29, 0.717) is 0 Å². The van der Waals surface area contributed by atoms with Crippen LogP contribution in [0.1, 0.15) is 0 Å². The van der Waals surface area contributed by atoms with Crippen LogP contribution >= 0.6 is 11.8 Å². The number of nitrogens with one attached hydrogen (secondary N) is 1. The highest BCUT2D eigenvalue weighted by Gasteiger charge is 2.19. The van der Waals surface area contributed by atoms with Crippen molar-refractivity contribution in [3.8, 4) is 11.9 Å². The number of halogens is 1. The summed E-state index contributed by atoms with van der Waals surface area (Å²) >= 11 is 1.13. The van der Waals surface area contributed by atoms with E-state index in [9.17, 15) is 14.5 Å². The Balaban J connectivity index is 3.32. The Morgan fingerprint density at radius 3 is 2.84 bits per heavy atom. The van der Waals surface area contributed by atoms with Gasteiger partial charge in [-0.15, -0.1) is 0 Å². The third-order valence-corrected chi connectivity index (χ3v) is 2.60. The lowest BCUT2D eigenvalue weighted by Crippen LogP contribution is -2.12. The molecule has 0 aliphatic carbocycles. The average molecular weight is 284 g/mol. The van der Waals surface area contributed by atoms with Crippen LogP contribution in [0.2, 0.25) is 0 Å². The fraction of sp³-hybridized carbons (Fsp3) is 0.200. The van der Waals surface area contributed by atoms with Gasteiger partial charge in [-0.05, 0) is 6.26 Å². The number of nitro groups is 1. The van der Waals surface area contributed by atoms with Crippen molar-refractivity contribution in [3.05, 3.63) is 28.1 Å². The largest absolute Gasteiger partial charge is 0.494 e. The van der Waals surface area contributed by atoms with Crippen molar-refractivity contribution in [1.82, 2.24) is 5.32 Å². The van der Waals surface area contributed by atoms with Gasteiger partial charge in [-0.2, -0.15) is 9.65 Å². The Hall–Kier alpha value is -2.34. The molecule has 0 aliphatic heterocycles. The molecular formula is C10H9FN4O3S. The van der Waals surface area contributed by atoms with E-state index in [4.69, 9.17) is 10.00 Å². The molecule has 100 valence electrons. The molecule has 0 atom stereocenters. The molecule has 19 heavy (non-hydrogen) atoms. The summed E-state index contributed by atoms with van der Waals surface area (Å²) in [5.74, 6) is -0.985. The van der Waals surface area contributed by atoms with Crippen LogP contribution in [0.4, 0.5) is 15.8 Å². The smallest absolute Gasteiger partial charge is 0.308 e. The highest BCUT2D eigenvalue weighted by atomic mass is 32.2. The van der Waals surface area contributed by atoms with Crippen LogP contribution in [0.25, 0.3) is 0 Å². The van der Waals surface area contributed by atoms with E-state index in [1.807, 2.05) is 0 Å². The predicted octanol–water partition coefficient (Wildman–Crippen LogP) is 2.16. The van der Waals surface area contributed by atoms with Gasteiger partial charge in [0.2, 0.25) is 5.82 Å². The molecule has 1 aromatic rings. The van der Waals surface area contributed by atoms with E-state index >= 15 is 0 Å². The Morgan fingerprint density at radius 1 is 1.68 bits per heavy atom. The van der Waals surface area contributed by atoms with Crippen LogP contribution in [0.3, 0.4) is 0 Å². The Kier molecular flexibility index (Phi) is 5.08. The first-order valence-corrected chi connectivity index (χ1v) is 6.05. The van der Waals surface area contributed by atoms with Gasteiger partial charge in [0.15, 0.2) is 17.1 Å². The highest BCUT2D eigenvalue weighted by molar-refractivity contribution is 8.13. The van der Waals surface area contributed by atoms with Crippen LogP contribution in [0, 0.1) is 27.4 Å². The van der Waals surface area contributed by atoms with Crippen molar-refractivity contribution in [2.24, 2.45) is 4.99 Å². The van der Waals surface area contributed by atoms with Gasteiger partial charge in [-0.3, -0.25) is 15.4 Å². The molecule has 1 N–H and O–H groups in total. The molecule has 0 aromatic heterocycles. The first kappa shape index (κ1) is 14.7. The van der Waals surface area contributed by atoms with E-state index in [0.717, 1.165) is 23.9 Å². The number of aliphatic imine (C=N–C) groups is 1. The summed E-state index contributed by atoms with van der Waals surface area (Å²) in [4.78, 5) is 13.7. The number of nitriles is 1. The lowest BCUT2D eigenvalue weighted by atomic mass is 10.2. The van der Waals surface area contributed by atoms with Crippen molar-refractivity contribution < 1.29 is 14.1 Å². The maximum absolute atomic E-state index is 13.5. The third-order valence-electron chi connectivity index (χ3n) is 2.02. The summed E-state index contributed by atoms with van der Waals surface area (Å²) in [7, 11) is 1.28. The topological polar surface area (TPSA) is 101 Å². The second-order valence-corrected chi connectivity index (χ2v) is 3.89. The quantitative estimate of drug-likeness (QED) is 0.228. The van der Waals surface area contributed by atoms with Crippen LogP contribution in [0.5, 0.6) is 5.75 Å². The van der Waals surface area contributed by atoms with Gasteiger partial charge in [0, 0.05) is 6.07 Å². The van der Waals surface area contributed by atoms with E-state index in [1.54, 1.807) is 12.4 Å². The summed E-state index contributed by atoms with van der Waals surface area (Å²) in [5, 5.41) is 21.6. The van der Waals surface area contributed by atoms with Crippen LogP contribution in [-0.2, 0) is 0 Å². The maximum atomic E-state index is 13.5. The van der Waals surface area contributed by atoms with Gasteiger partial charge in [-0.1, -0.05) is 11.8 Å². The van der Waals surface area contributed by atoms with Crippen LogP contribution in [0.15, 0.2) is 17.1 Å². The molecule has 9 heteroatoms. The average Bonchev–Trinajstić information content (AvgIpc) is 2.38. The minimum atomic E-state index is -1.03. The summed E-state index contributed by atoms with van der Waals surface area (Å²) in [6, 6.07) is 1.82. The number of ether oxygens (including phenoxy) is 1. The number of nitro benzene ring substituents is 1. The molecule has 1 rings (SSSR count). The number of methoxy groups -OCH3 is 1. The first-order valence-electron chi connectivity index (χ1n) is 4.83. The van der Waals surface area contributed by atoms with Crippen molar-refractivity contribution in [1.29, 1.82) is 5.26 Å². The molecule has 0 aliphatic rings. The van der Waals surface area contributed by atoms with Crippen molar-refractivity contribution in [2.45, 2.75) is 0 Å². The Bertz CT molecular complexity index is 571. The second kappa shape index (κ2) is 6.55. The molecule has 0 amide bonds. The van der Waals surface area contributed by atoms with Crippen molar-refractivity contribution in [2.75, 3.05) is 13.4 Å². The summed E-state index contributed by atoms with van der Waals surface area (Å²) in [6.45, 7) is 0. The van der Waals surface area contributed by atoms with Crippen molar-refractivity contribution in [3.63, 3.8) is 0 Å². The molecule has 0 radical (unpaired) electrons. The molecule has 0 heterocycles. The van der Waals surface area contributed by atoms with Crippen LogP contribution < -0.4 is 10.1 Å². The van der Waals surface area contributed by atoms with Gasteiger partial charge in [-0.25, -0.2) is 4.99 Å². The number of amidine groups is 1. The van der Waals surface area contributed by atoms with Gasteiger partial charge in [0.05, 0.1) is 18.1 Å². The molecule has 0 spiro atoms. The van der Waals surface area contributed by atoms with Gasteiger partial charge < -0.3 is 4.74 Å². The van der Waals surface area contributed by atoms with E-state index < -0.39 is 16.4 Å². The first-order chi connectivity index (χ1) is 9.03. The predicted molar refractivity (Wildman–Crippen MR) is 69.0 cm³/mol. The van der Waals surface area contributed by atoms with Gasteiger partial charge in [0.1, 0.15) is 5.69 Å². The standard InChI is InChI=1S/C10H9FN4O3S/c1-18-9-4-8(15(16)17)6(11)3-7(9)14-10(19-2)13-5-12/h3-4H,1-2H3,(H,13,14). The van der Waals surface area contributed by atoms with Crippen LogP contribution in [-0.4, -0.2) is 23.5 Å². The van der Waals surface area contributed by atoms with Crippen molar-refractivity contribution >= 4 is 28.3 Å². The third kappa shape index (κ3) is 3.56. The molecular weight excluding hydrogens is 275 g/mol. The minimum absolute atomic E-state index is 0.0411. The van der Waals surface area contributed by atoms with Gasteiger partial charge >= 0.3 is 5.69 Å². The molecule has 0 fully saturated rings. The molecule has 1 aromatic carbocycles. The SMILES string of the molecule is COc1cc([N+](=O)[O-])c(F)cc1N=C(NC#N)SC. The Morgan fingerprint density at radius 2 is 2.37 bits per heavy atom. The Labute approximate surface area is 112 Å². The zero-order valence-corrected chi connectivity index (χ0v) is 10.8. The monoisotopic (exact) mass is 284 g/mol. The molecule has 0 saturated heterocycles. The zero-order chi connectivity index (χ0) is 14.4. The molecule has 0 bridgehead atoms. The summed E-state index contributed by atoms with van der Waals surface area (Å²) in [6.07, 6.45) is 3.34. The number of hydrogen-bond acceptors (Lipinski definition) is 6. The normalized spacial score (nSPS) is 10.7. The summed E-state index contributed by atoms with van der Waals surface area (Å²) in [5.41, 5.74) is -0.646. The number of thioether (sulfide) groups is 1. The second-order valence-electron chi connectivity index (χ2n) is 3.09.